The van der Waals surface area contributed by atoms with E-state index < -0.39 is 0 Å². The van der Waals surface area contributed by atoms with Crippen molar-refractivity contribution in [1.29, 1.82) is 0 Å². The largest absolute Gasteiger partial charge is 0.462 e. The van der Waals surface area contributed by atoms with Crippen LogP contribution in [0.2, 0.25) is 0 Å². The summed E-state index contributed by atoms with van der Waals surface area (Å²) in [5, 5.41) is 12.4. The number of hydrogen-bond donors (Lipinski definition) is 1. The summed E-state index contributed by atoms with van der Waals surface area (Å²) in [4.78, 5) is 11.5. The molecule has 0 unspecified atom stereocenters. The third kappa shape index (κ3) is 3.32. The van der Waals surface area contributed by atoms with E-state index in [1.54, 1.807) is 31.2 Å². The number of esters is 1. The summed E-state index contributed by atoms with van der Waals surface area (Å²) in [5.41, 5.74) is 1.60. The number of carbonyl (C=O) groups excluding carboxylic acids is 1. The summed E-state index contributed by atoms with van der Waals surface area (Å²) in [6.07, 6.45) is 0. The fraction of sp³-hybridized carbons (Fsp3) is 0.429. The summed E-state index contributed by atoms with van der Waals surface area (Å²) in [6.45, 7) is 8.00. The molecular formula is C14H19NO3. The third-order valence-electron chi connectivity index (χ3n) is 2.48. The molecule has 4 nitrogen and oxygen atoms in total. The molecule has 0 aliphatic rings. The molecule has 0 spiro atoms. The fourth-order valence-corrected chi connectivity index (χ4v) is 1.62. The fourth-order valence-electron chi connectivity index (χ4n) is 1.62. The van der Waals surface area contributed by atoms with E-state index in [0.717, 1.165) is 5.56 Å². The molecule has 1 aromatic rings. The third-order valence-corrected chi connectivity index (χ3v) is 2.48. The molecule has 0 heterocycles. The molecular weight excluding hydrogens is 230 g/mol. The van der Waals surface area contributed by atoms with Crippen LogP contribution in [-0.4, -0.2) is 23.5 Å². The highest BCUT2D eigenvalue weighted by Crippen LogP contribution is 2.22. The highest BCUT2D eigenvalue weighted by molar-refractivity contribution is 6.04. The molecule has 98 valence electrons. The Bertz CT molecular complexity index is 441. The lowest BCUT2D eigenvalue weighted by atomic mass is 9.85. The van der Waals surface area contributed by atoms with Gasteiger partial charge in [-0.2, -0.15) is 0 Å². The van der Waals surface area contributed by atoms with Gasteiger partial charge < -0.3 is 9.94 Å². The van der Waals surface area contributed by atoms with Crippen molar-refractivity contribution in [3.05, 3.63) is 35.4 Å². The number of oxime groups is 1. The zero-order chi connectivity index (χ0) is 13.8. The van der Waals surface area contributed by atoms with Crippen LogP contribution in [0.25, 0.3) is 0 Å². The van der Waals surface area contributed by atoms with Crippen LogP contribution in [0.3, 0.4) is 0 Å². The van der Waals surface area contributed by atoms with Crippen molar-refractivity contribution < 1.29 is 14.7 Å². The molecule has 0 fully saturated rings. The van der Waals surface area contributed by atoms with Gasteiger partial charge in [-0.05, 0) is 24.6 Å². The van der Waals surface area contributed by atoms with Crippen LogP contribution >= 0.6 is 0 Å². The maximum Gasteiger partial charge on any atom is 0.338 e. The quantitative estimate of drug-likeness (QED) is 0.387. The summed E-state index contributed by atoms with van der Waals surface area (Å²) in [7, 11) is 0. The van der Waals surface area contributed by atoms with Gasteiger partial charge in [0.15, 0.2) is 0 Å². The number of rotatable bonds is 3. The lowest BCUT2D eigenvalue weighted by Crippen LogP contribution is -2.21. The van der Waals surface area contributed by atoms with Gasteiger partial charge in [-0.15, -0.1) is 0 Å². The van der Waals surface area contributed by atoms with E-state index in [1.165, 1.54) is 0 Å². The lowest BCUT2D eigenvalue weighted by Gasteiger charge is -2.20. The van der Waals surface area contributed by atoms with Crippen LogP contribution in [0.4, 0.5) is 0 Å². The van der Waals surface area contributed by atoms with Crippen molar-refractivity contribution >= 4 is 11.7 Å². The first-order valence-electron chi connectivity index (χ1n) is 5.90. The van der Waals surface area contributed by atoms with Gasteiger partial charge in [-0.1, -0.05) is 38.1 Å². The smallest absolute Gasteiger partial charge is 0.338 e. The SMILES string of the molecule is CCOC(=O)c1ccc(C(=NO)C(C)(C)C)cc1. The van der Waals surface area contributed by atoms with Crippen molar-refractivity contribution in [2.75, 3.05) is 6.61 Å². The average molecular weight is 249 g/mol. The molecule has 1 rings (SSSR count). The van der Waals surface area contributed by atoms with Gasteiger partial charge in [0.25, 0.3) is 0 Å². The van der Waals surface area contributed by atoms with Gasteiger partial charge in [0.2, 0.25) is 0 Å². The summed E-state index contributed by atoms with van der Waals surface area (Å²) in [6, 6.07) is 6.85. The Hall–Kier alpha value is -1.84. The second-order valence-corrected chi connectivity index (χ2v) is 5.00. The Morgan fingerprint density at radius 3 is 2.11 bits per heavy atom. The molecule has 0 amide bonds. The highest BCUT2D eigenvalue weighted by Gasteiger charge is 2.21. The number of ether oxygens (including phenoxy) is 1. The predicted octanol–water partition coefficient (Wildman–Crippen LogP) is 3.09. The van der Waals surface area contributed by atoms with Crippen LogP contribution in [-0.2, 0) is 4.74 Å². The van der Waals surface area contributed by atoms with Crippen molar-refractivity contribution in [2.24, 2.45) is 10.6 Å². The number of benzene rings is 1. The molecule has 0 aliphatic heterocycles. The van der Waals surface area contributed by atoms with Crippen LogP contribution in [0.15, 0.2) is 29.4 Å². The second kappa shape index (κ2) is 5.67. The molecule has 0 bridgehead atoms. The van der Waals surface area contributed by atoms with Crippen LogP contribution < -0.4 is 0 Å². The van der Waals surface area contributed by atoms with E-state index in [1.807, 2.05) is 20.8 Å². The number of hydrogen-bond acceptors (Lipinski definition) is 4. The Morgan fingerprint density at radius 1 is 1.22 bits per heavy atom. The normalized spacial score (nSPS) is 12.3. The van der Waals surface area contributed by atoms with E-state index >= 15 is 0 Å². The molecule has 0 atom stereocenters. The van der Waals surface area contributed by atoms with E-state index in [9.17, 15) is 4.79 Å². The van der Waals surface area contributed by atoms with Gasteiger partial charge in [-0.3, -0.25) is 0 Å². The van der Waals surface area contributed by atoms with Gasteiger partial charge >= 0.3 is 5.97 Å². The Morgan fingerprint density at radius 2 is 1.72 bits per heavy atom. The summed E-state index contributed by atoms with van der Waals surface area (Å²) < 4.78 is 4.90. The number of nitrogens with zero attached hydrogens (tertiary/aromatic N) is 1. The van der Waals surface area contributed by atoms with Gasteiger partial charge in [0.05, 0.1) is 17.9 Å². The lowest BCUT2D eigenvalue weighted by molar-refractivity contribution is 0.0526. The van der Waals surface area contributed by atoms with Gasteiger partial charge in [0.1, 0.15) is 0 Å². The zero-order valence-electron chi connectivity index (χ0n) is 11.2. The average Bonchev–Trinajstić information content (AvgIpc) is 2.29. The van der Waals surface area contributed by atoms with Crippen molar-refractivity contribution in [3.63, 3.8) is 0 Å². The molecule has 18 heavy (non-hydrogen) atoms. The topological polar surface area (TPSA) is 58.9 Å². The van der Waals surface area contributed by atoms with Crippen LogP contribution in [0.5, 0.6) is 0 Å². The van der Waals surface area contributed by atoms with Crippen molar-refractivity contribution in [1.82, 2.24) is 0 Å². The molecule has 0 aliphatic carbocycles. The summed E-state index contributed by atoms with van der Waals surface area (Å²) in [5.74, 6) is -0.345. The number of carbonyl (C=O) groups is 1. The van der Waals surface area contributed by atoms with Crippen molar-refractivity contribution in [2.45, 2.75) is 27.7 Å². The minimum atomic E-state index is -0.345. The monoisotopic (exact) mass is 249 g/mol. The molecule has 0 saturated heterocycles. The maximum atomic E-state index is 11.5. The summed E-state index contributed by atoms with van der Waals surface area (Å²) >= 11 is 0. The zero-order valence-corrected chi connectivity index (χ0v) is 11.2. The van der Waals surface area contributed by atoms with E-state index in [-0.39, 0.29) is 11.4 Å². The van der Waals surface area contributed by atoms with Crippen LogP contribution in [0.1, 0.15) is 43.6 Å². The molecule has 1 N–H and O–H groups in total. The van der Waals surface area contributed by atoms with Gasteiger partial charge in [-0.25, -0.2) is 4.79 Å². The maximum absolute atomic E-state index is 11.5. The first-order valence-corrected chi connectivity index (χ1v) is 5.90. The van der Waals surface area contributed by atoms with Gasteiger partial charge in [0, 0.05) is 5.41 Å². The minimum Gasteiger partial charge on any atom is -0.462 e. The first kappa shape index (κ1) is 14.2. The Balaban J connectivity index is 2.99. The van der Waals surface area contributed by atoms with Crippen molar-refractivity contribution in [3.8, 4) is 0 Å². The van der Waals surface area contributed by atoms with E-state index in [2.05, 4.69) is 5.16 Å². The first-order chi connectivity index (χ1) is 8.40. The van der Waals surface area contributed by atoms with Crippen LogP contribution in [0, 0.1) is 5.41 Å². The minimum absolute atomic E-state index is 0.264. The molecule has 0 aromatic heterocycles. The standard InChI is InChI=1S/C14H19NO3/c1-5-18-13(16)11-8-6-10(7-9-11)12(15-17)14(2,3)4/h6-9,17H,5H2,1-4H3. The Kier molecular flexibility index (Phi) is 4.48. The highest BCUT2D eigenvalue weighted by atomic mass is 16.5. The molecule has 0 saturated carbocycles. The predicted molar refractivity (Wildman–Crippen MR) is 70.2 cm³/mol. The Labute approximate surface area is 107 Å². The molecule has 1 aromatic carbocycles. The second-order valence-electron chi connectivity index (χ2n) is 5.00. The van der Waals surface area contributed by atoms with E-state index in [0.29, 0.717) is 17.9 Å². The molecule has 0 radical (unpaired) electrons. The molecule has 4 heteroatoms. The van der Waals surface area contributed by atoms with E-state index in [4.69, 9.17) is 9.94 Å².